The Balaban J connectivity index is 0.000000288. The van der Waals surface area contributed by atoms with Gasteiger partial charge in [0.15, 0.2) is 0 Å². The second kappa shape index (κ2) is 11.0. The molecular formula is C12H24O4. The van der Waals surface area contributed by atoms with Gasteiger partial charge in [-0.05, 0) is 25.7 Å². The average Bonchev–Trinajstić information content (AvgIpc) is 2.32. The van der Waals surface area contributed by atoms with Crippen LogP contribution in [-0.4, -0.2) is 40.9 Å². The predicted molar refractivity (Wildman–Crippen MR) is 62.1 cm³/mol. The van der Waals surface area contributed by atoms with Crippen molar-refractivity contribution in [1.82, 2.24) is 0 Å². The summed E-state index contributed by atoms with van der Waals surface area (Å²) in [4.78, 5) is 10.5. The number of rotatable bonds is 5. The zero-order valence-electron chi connectivity index (χ0n) is 9.90. The molecule has 0 aromatic carbocycles. The summed E-state index contributed by atoms with van der Waals surface area (Å²) in [5.74, 6) is 0.420. The summed E-state index contributed by atoms with van der Waals surface area (Å²) in [5.41, 5.74) is 0. The van der Waals surface area contributed by atoms with Gasteiger partial charge < -0.3 is 15.3 Å². The number of hydrogen-bond donors (Lipinski definition) is 3. The molecule has 16 heavy (non-hydrogen) atoms. The summed E-state index contributed by atoms with van der Waals surface area (Å²) in [6.07, 6.45) is 6.60. The van der Waals surface area contributed by atoms with Crippen LogP contribution in [0.1, 0.15) is 44.9 Å². The Morgan fingerprint density at radius 3 is 1.88 bits per heavy atom. The first-order valence-corrected chi connectivity index (χ1v) is 6.08. The van der Waals surface area contributed by atoms with E-state index in [-0.39, 0.29) is 25.7 Å². The molecule has 0 bridgehead atoms. The molecule has 1 rings (SSSR count). The van der Waals surface area contributed by atoms with E-state index in [1.165, 1.54) is 6.42 Å². The summed E-state index contributed by atoms with van der Waals surface area (Å²) in [6, 6.07) is 0. The van der Waals surface area contributed by atoms with E-state index in [4.69, 9.17) is 15.3 Å². The zero-order valence-corrected chi connectivity index (χ0v) is 9.90. The fourth-order valence-electron chi connectivity index (χ4n) is 1.57. The van der Waals surface area contributed by atoms with E-state index < -0.39 is 0 Å². The monoisotopic (exact) mass is 232 g/mol. The zero-order chi connectivity index (χ0) is 12.2. The van der Waals surface area contributed by atoms with E-state index in [9.17, 15) is 4.79 Å². The molecule has 3 N–H and O–H groups in total. The van der Waals surface area contributed by atoms with Crippen LogP contribution in [0.2, 0.25) is 0 Å². The Bertz CT molecular complexity index is 158. The maximum absolute atomic E-state index is 10.5. The predicted octanol–water partition coefficient (Wildman–Crippen LogP) is 0.879. The van der Waals surface area contributed by atoms with E-state index in [0.717, 1.165) is 25.7 Å². The molecule has 0 unspecified atom stereocenters. The summed E-state index contributed by atoms with van der Waals surface area (Å²) in [7, 11) is 0. The Kier molecular flexibility index (Phi) is 10.7. The molecule has 0 radical (unpaired) electrons. The molecule has 0 atom stereocenters. The number of Topliss-reactive ketones (excluding diaryl/α,β-unsaturated/α-hetero) is 1. The molecule has 0 saturated heterocycles. The Labute approximate surface area is 97.3 Å². The van der Waals surface area contributed by atoms with Crippen molar-refractivity contribution >= 4 is 5.78 Å². The molecule has 1 saturated carbocycles. The van der Waals surface area contributed by atoms with Gasteiger partial charge in [-0.3, -0.25) is 4.79 Å². The lowest BCUT2D eigenvalue weighted by atomic mass is 10.00. The fraction of sp³-hybridized carbons (Fsp3) is 0.917. The summed E-state index contributed by atoms with van der Waals surface area (Å²) >= 11 is 0. The molecule has 0 spiro atoms. The van der Waals surface area contributed by atoms with E-state index in [1.807, 2.05) is 0 Å². The summed E-state index contributed by atoms with van der Waals surface area (Å²) in [5, 5.41) is 25.4. The Morgan fingerprint density at radius 1 is 1.00 bits per heavy atom. The highest BCUT2D eigenvalue weighted by Gasteiger charge is 2.06. The van der Waals surface area contributed by atoms with Crippen molar-refractivity contribution in [2.24, 2.45) is 5.92 Å². The van der Waals surface area contributed by atoms with Gasteiger partial charge in [-0.25, -0.2) is 0 Å². The second-order valence-electron chi connectivity index (χ2n) is 4.20. The van der Waals surface area contributed by atoms with Crippen molar-refractivity contribution < 1.29 is 20.1 Å². The topological polar surface area (TPSA) is 77.8 Å². The number of aliphatic hydroxyl groups is 3. The van der Waals surface area contributed by atoms with Crippen molar-refractivity contribution in [1.29, 1.82) is 0 Å². The van der Waals surface area contributed by atoms with Gasteiger partial charge in [-0.1, -0.05) is 6.42 Å². The third kappa shape index (κ3) is 8.83. The largest absolute Gasteiger partial charge is 0.396 e. The minimum absolute atomic E-state index is 0.0104. The molecule has 0 aromatic heterocycles. The van der Waals surface area contributed by atoms with Gasteiger partial charge in [0.2, 0.25) is 0 Å². The van der Waals surface area contributed by atoms with Crippen LogP contribution in [0, 0.1) is 5.92 Å². The average molecular weight is 232 g/mol. The van der Waals surface area contributed by atoms with Crippen LogP contribution in [0.15, 0.2) is 0 Å². The molecule has 1 fully saturated rings. The lowest BCUT2D eigenvalue weighted by molar-refractivity contribution is -0.120. The number of ketones is 1. The van der Waals surface area contributed by atoms with E-state index >= 15 is 0 Å². The molecule has 0 amide bonds. The first-order valence-electron chi connectivity index (χ1n) is 6.08. The minimum atomic E-state index is -0.0443. The molecular weight excluding hydrogens is 208 g/mol. The van der Waals surface area contributed by atoms with Crippen LogP contribution in [0.4, 0.5) is 0 Å². The Morgan fingerprint density at radius 2 is 1.56 bits per heavy atom. The molecule has 1 aliphatic carbocycles. The van der Waals surface area contributed by atoms with E-state index in [1.54, 1.807) is 0 Å². The Hall–Kier alpha value is -0.450. The van der Waals surface area contributed by atoms with Gasteiger partial charge in [0.25, 0.3) is 0 Å². The third-order valence-corrected chi connectivity index (χ3v) is 2.70. The van der Waals surface area contributed by atoms with Gasteiger partial charge in [0.1, 0.15) is 5.78 Å². The van der Waals surface area contributed by atoms with Crippen LogP contribution in [0.3, 0.4) is 0 Å². The number of carbonyl (C=O) groups is 1. The molecule has 4 nitrogen and oxygen atoms in total. The van der Waals surface area contributed by atoms with Crippen molar-refractivity contribution in [2.75, 3.05) is 19.8 Å². The normalized spacial score (nSPS) is 15.9. The number of aliphatic hydroxyl groups excluding tert-OH is 3. The maximum Gasteiger partial charge on any atom is 0.132 e. The molecule has 4 heteroatoms. The van der Waals surface area contributed by atoms with Crippen molar-refractivity contribution in [3.05, 3.63) is 0 Å². The number of hydrogen-bond acceptors (Lipinski definition) is 4. The highest BCUT2D eigenvalue weighted by molar-refractivity contribution is 5.78. The lowest BCUT2D eigenvalue weighted by Crippen LogP contribution is -2.11. The smallest absolute Gasteiger partial charge is 0.132 e. The maximum atomic E-state index is 10.5. The van der Waals surface area contributed by atoms with Gasteiger partial charge in [0, 0.05) is 38.6 Å². The lowest BCUT2D eigenvalue weighted by Gasteiger charge is -2.07. The SMILES string of the molecule is O=C1CCCCC1.OCCCC(CO)CO. The molecule has 1 aliphatic rings. The summed E-state index contributed by atoms with van der Waals surface area (Å²) < 4.78 is 0. The second-order valence-corrected chi connectivity index (χ2v) is 4.20. The fourth-order valence-corrected chi connectivity index (χ4v) is 1.57. The third-order valence-electron chi connectivity index (χ3n) is 2.70. The highest BCUT2D eigenvalue weighted by Crippen LogP contribution is 2.12. The van der Waals surface area contributed by atoms with Gasteiger partial charge >= 0.3 is 0 Å². The highest BCUT2D eigenvalue weighted by atomic mass is 16.3. The molecule has 0 aromatic rings. The van der Waals surface area contributed by atoms with Crippen LogP contribution in [0.5, 0.6) is 0 Å². The van der Waals surface area contributed by atoms with Gasteiger partial charge in [-0.2, -0.15) is 0 Å². The number of carbonyl (C=O) groups excluding carboxylic acids is 1. The molecule has 0 heterocycles. The molecule has 96 valence electrons. The van der Waals surface area contributed by atoms with Crippen molar-refractivity contribution in [3.63, 3.8) is 0 Å². The van der Waals surface area contributed by atoms with Crippen molar-refractivity contribution in [2.45, 2.75) is 44.9 Å². The van der Waals surface area contributed by atoms with Gasteiger partial charge in [0.05, 0.1) is 0 Å². The van der Waals surface area contributed by atoms with Crippen LogP contribution >= 0.6 is 0 Å². The first-order chi connectivity index (χ1) is 7.74. The van der Waals surface area contributed by atoms with E-state index in [2.05, 4.69) is 0 Å². The van der Waals surface area contributed by atoms with Crippen LogP contribution in [0.25, 0.3) is 0 Å². The standard InChI is InChI=1S/C6H14O3.C6H10O/c7-3-1-2-6(4-8)5-9;7-6-4-2-1-3-5-6/h6-9H,1-5H2;1-5H2. The quantitative estimate of drug-likeness (QED) is 0.657. The van der Waals surface area contributed by atoms with Crippen LogP contribution < -0.4 is 0 Å². The van der Waals surface area contributed by atoms with E-state index in [0.29, 0.717) is 18.6 Å². The minimum Gasteiger partial charge on any atom is -0.396 e. The van der Waals surface area contributed by atoms with Crippen LogP contribution in [-0.2, 0) is 4.79 Å². The van der Waals surface area contributed by atoms with Crippen molar-refractivity contribution in [3.8, 4) is 0 Å². The summed E-state index contributed by atoms with van der Waals surface area (Å²) in [6.45, 7) is 0.156. The van der Waals surface area contributed by atoms with Gasteiger partial charge in [-0.15, -0.1) is 0 Å². The molecule has 0 aliphatic heterocycles. The first kappa shape index (κ1) is 15.6.